The first-order valence-electron chi connectivity index (χ1n) is 13.9. The fourth-order valence-electron chi connectivity index (χ4n) is 6.45. The molecule has 1 aliphatic heterocycles. The van der Waals surface area contributed by atoms with Crippen LogP contribution in [0.4, 0.5) is 5.69 Å². The Morgan fingerprint density at radius 2 is 1.54 bits per heavy atom. The van der Waals surface area contributed by atoms with Gasteiger partial charge in [-0.1, -0.05) is 45.2 Å². The van der Waals surface area contributed by atoms with Gasteiger partial charge >= 0.3 is 0 Å². The molecule has 6 nitrogen and oxygen atoms in total. The Morgan fingerprint density at radius 3 is 2.23 bits per heavy atom. The highest BCUT2D eigenvalue weighted by Gasteiger charge is 2.30. The molecular formula is C29H43N3O3. The van der Waals surface area contributed by atoms with E-state index >= 15 is 0 Å². The lowest BCUT2D eigenvalue weighted by Gasteiger charge is -2.35. The fourth-order valence-corrected chi connectivity index (χ4v) is 6.45. The zero-order chi connectivity index (χ0) is 24.8. The van der Waals surface area contributed by atoms with Gasteiger partial charge in [-0.2, -0.15) is 0 Å². The molecular weight excluding hydrogens is 438 g/mol. The number of benzene rings is 1. The van der Waals surface area contributed by atoms with E-state index in [-0.39, 0.29) is 29.7 Å². The quantitative estimate of drug-likeness (QED) is 0.572. The predicted molar refractivity (Wildman–Crippen MR) is 139 cm³/mol. The molecule has 2 unspecified atom stereocenters. The number of para-hydroxylation sites is 1. The maximum Gasteiger partial charge on any atom is 0.255 e. The van der Waals surface area contributed by atoms with E-state index in [0.717, 1.165) is 45.2 Å². The van der Waals surface area contributed by atoms with Crippen LogP contribution in [-0.2, 0) is 9.59 Å². The van der Waals surface area contributed by atoms with Crippen LogP contribution in [0.2, 0.25) is 0 Å². The Morgan fingerprint density at radius 1 is 0.886 bits per heavy atom. The summed E-state index contributed by atoms with van der Waals surface area (Å²) in [6.07, 6.45) is 11.2. The van der Waals surface area contributed by atoms with Crippen LogP contribution in [0.5, 0.6) is 0 Å². The Kier molecular flexibility index (Phi) is 8.85. The third kappa shape index (κ3) is 7.08. The summed E-state index contributed by atoms with van der Waals surface area (Å²) in [5, 5.41) is 6.28. The van der Waals surface area contributed by atoms with Gasteiger partial charge in [0.1, 0.15) is 0 Å². The second kappa shape index (κ2) is 12.0. The van der Waals surface area contributed by atoms with E-state index in [4.69, 9.17) is 0 Å². The number of carbonyl (C=O) groups is 3. The van der Waals surface area contributed by atoms with Crippen molar-refractivity contribution in [3.8, 4) is 0 Å². The number of carbonyl (C=O) groups excluding carboxylic acids is 3. The molecule has 35 heavy (non-hydrogen) atoms. The molecule has 3 fully saturated rings. The summed E-state index contributed by atoms with van der Waals surface area (Å²) in [5.74, 6) is 1.61. The average Bonchev–Trinajstić information content (AvgIpc) is 2.84. The average molecular weight is 482 g/mol. The molecule has 2 N–H and O–H groups in total. The summed E-state index contributed by atoms with van der Waals surface area (Å²) >= 11 is 0. The fraction of sp³-hybridized carbons (Fsp3) is 0.690. The van der Waals surface area contributed by atoms with Gasteiger partial charge in [0.05, 0.1) is 11.3 Å². The molecule has 192 valence electrons. The molecule has 1 heterocycles. The summed E-state index contributed by atoms with van der Waals surface area (Å²) in [7, 11) is 0. The molecule has 4 rings (SSSR count). The van der Waals surface area contributed by atoms with E-state index in [1.165, 1.54) is 32.1 Å². The van der Waals surface area contributed by atoms with Gasteiger partial charge in [0.2, 0.25) is 11.8 Å². The van der Waals surface area contributed by atoms with Crippen molar-refractivity contribution in [3.05, 3.63) is 29.8 Å². The topological polar surface area (TPSA) is 78.5 Å². The Bertz CT molecular complexity index is 877. The van der Waals surface area contributed by atoms with Crippen molar-refractivity contribution in [2.75, 3.05) is 18.4 Å². The number of anilines is 1. The van der Waals surface area contributed by atoms with Crippen molar-refractivity contribution >= 4 is 23.4 Å². The highest BCUT2D eigenvalue weighted by Crippen LogP contribution is 2.29. The molecule has 1 saturated heterocycles. The van der Waals surface area contributed by atoms with Gasteiger partial charge in [0, 0.05) is 31.5 Å². The van der Waals surface area contributed by atoms with E-state index in [1.807, 2.05) is 29.2 Å². The summed E-state index contributed by atoms with van der Waals surface area (Å²) < 4.78 is 0. The van der Waals surface area contributed by atoms with Gasteiger partial charge in [-0.05, 0) is 74.8 Å². The first-order chi connectivity index (χ1) is 16.9. The summed E-state index contributed by atoms with van der Waals surface area (Å²) in [6.45, 7) is 5.92. The largest absolute Gasteiger partial charge is 0.353 e. The maximum atomic E-state index is 13.3. The number of hydrogen-bond donors (Lipinski definition) is 2. The molecule has 2 atom stereocenters. The van der Waals surface area contributed by atoms with Crippen LogP contribution >= 0.6 is 0 Å². The zero-order valence-corrected chi connectivity index (χ0v) is 21.6. The van der Waals surface area contributed by atoms with Gasteiger partial charge in [0.15, 0.2) is 0 Å². The van der Waals surface area contributed by atoms with Crippen molar-refractivity contribution in [3.63, 3.8) is 0 Å². The highest BCUT2D eigenvalue weighted by molar-refractivity contribution is 6.04. The van der Waals surface area contributed by atoms with Crippen LogP contribution in [0.25, 0.3) is 0 Å². The first-order valence-corrected chi connectivity index (χ1v) is 13.9. The Balaban J connectivity index is 1.27. The molecule has 0 bridgehead atoms. The third-order valence-electron chi connectivity index (χ3n) is 8.23. The number of likely N-dealkylation sites (tertiary alicyclic amines) is 1. The van der Waals surface area contributed by atoms with E-state index in [0.29, 0.717) is 35.4 Å². The second-order valence-electron chi connectivity index (χ2n) is 11.5. The number of amides is 3. The van der Waals surface area contributed by atoms with Gasteiger partial charge in [-0.25, -0.2) is 0 Å². The molecule has 1 aromatic carbocycles. The molecule has 3 aliphatic rings. The molecule has 2 aliphatic carbocycles. The van der Waals surface area contributed by atoms with E-state index in [9.17, 15) is 14.4 Å². The molecule has 0 aromatic heterocycles. The van der Waals surface area contributed by atoms with Crippen molar-refractivity contribution in [2.45, 2.75) is 90.5 Å². The van der Waals surface area contributed by atoms with Crippen molar-refractivity contribution in [1.29, 1.82) is 0 Å². The first kappa shape index (κ1) is 25.7. The summed E-state index contributed by atoms with van der Waals surface area (Å²) in [6, 6.07) is 7.56. The molecule has 3 amide bonds. The third-order valence-corrected chi connectivity index (χ3v) is 8.23. The maximum absolute atomic E-state index is 13.3. The van der Waals surface area contributed by atoms with Crippen LogP contribution < -0.4 is 10.6 Å². The molecule has 0 spiro atoms. The van der Waals surface area contributed by atoms with E-state index in [1.54, 1.807) is 0 Å². The normalized spacial score (nSPS) is 27.8. The van der Waals surface area contributed by atoms with E-state index in [2.05, 4.69) is 24.5 Å². The lowest BCUT2D eigenvalue weighted by molar-refractivity contribution is -0.123. The Labute approximate surface area is 210 Å². The standard InChI is InChI=1S/C29H43N3O3/c1-20-16-21(2)19-32(18-20)29(35)25-10-6-7-11-26(25)31-28(34)23-12-14-24(15-13-23)30-27(33)17-22-8-4-3-5-9-22/h6-7,10-11,20-24H,3-5,8-9,12-19H2,1-2H3,(H,30,33)(H,31,34). The van der Waals surface area contributed by atoms with Crippen LogP contribution in [0.1, 0.15) is 94.8 Å². The predicted octanol–water partition coefficient (Wildman–Crippen LogP) is 5.39. The molecule has 0 radical (unpaired) electrons. The van der Waals surface area contributed by atoms with Gasteiger partial charge in [-0.15, -0.1) is 0 Å². The highest BCUT2D eigenvalue weighted by atomic mass is 16.2. The van der Waals surface area contributed by atoms with Gasteiger partial charge < -0.3 is 15.5 Å². The van der Waals surface area contributed by atoms with Crippen LogP contribution in [-0.4, -0.2) is 41.8 Å². The monoisotopic (exact) mass is 481 g/mol. The number of nitrogens with one attached hydrogen (secondary N) is 2. The SMILES string of the molecule is CC1CC(C)CN(C(=O)c2ccccc2NC(=O)C2CCC(NC(=O)CC3CCCCC3)CC2)C1. The van der Waals surface area contributed by atoms with Crippen molar-refractivity contribution in [1.82, 2.24) is 10.2 Å². The molecule has 2 saturated carbocycles. The van der Waals surface area contributed by atoms with Crippen LogP contribution in [0.15, 0.2) is 24.3 Å². The Hall–Kier alpha value is -2.37. The number of rotatable bonds is 6. The summed E-state index contributed by atoms with van der Waals surface area (Å²) in [4.78, 5) is 40.8. The zero-order valence-electron chi connectivity index (χ0n) is 21.6. The lowest BCUT2D eigenvalue weighted by Crippen LogP contribution is -2.43. The second-order valence-corrected chi connectivity index (χ2v) is 11.5. The number of nitrogens with zero attached hydrogens (tertiary/aromatic N) is 1. The van der Waals surface area contributed by atoms with Crippen LogP contribution in [0, 0.1) is 23.7 Å². The number of piperidine rings is 1. The minimum absolute atomic E-state index is 0.00341. The van der Waals surface area contributed by atoms with Gasteiger partial charge in [-0.3, -0.25) is 14.4 Å². The minimum Gasteiger partial charge on any atom is -0.353 e. The molecule has 1 aromatic rings. The van der Waals surface area contributed by atoms with Crippen molar-refractivity contribution < 1.29 is 14.4 Å². The summed E-state index contributed by atoms with van der Waals surface area (Å²) in [5.41, 5.74) is 1.18. The van der Waals surface area contributed by atoms with Crippen molar-refractivity contribution in [2.24, 2.45) is 23.7 Å². The van der Waals surface area contributed by atoms with Gasteiger partial charge in [0.25, 0.3) is 5.91 Å². The minimum atomic E-state index is -0.0836. The smallest absolute Gasteiger partial charge is 0.255 e. The molecule has 6 heteroatoms. The van der Waals surface area contributed by atoms with Crippen LogP contribution in [0.3, 0.4) is 0 Å². The lowest BCUT2D eigenvalue weighted by atomic mass is 9.84. The van der Waals surface area contributed by atoms with E-state index < -0.39 is 0 Å². The number of hydrogen-bond acceptors (Lipinski definition) is 3.